The van der Waals surface area contributed by atoms with Crippen molar-refractivity contribution < 1.29 is 13.2 Å². The Morgan fingerprint density at radius 3 is 2.28 bits per heavy atom. The van der Waals surface area contributed by atoms with Crippen molar-refractivity contribution in [2.75, 3.05) is 30.3 Å². The molecule has 0 heterocycles. The molecule has 0 unspecified atom stereocenters. The van der Waals surface area contributed by atoms with Crippen LogP contribution in [0.4, 0.5) is 11.4 Å². The highest BCUT2D eigenvalue weighted by molar-refractivity contribution is 7.99. The Morgan fingerprint density at radius 2 is 1.59 bits per heavy atom. The second kappa shape index (κ2) is 10.2. The summed E-state index contributed by atoms with van der Waals surface area (Å²) in [4.78, 5) is 14.9. The molecule has 0 aliphatic rings. The molecule has 1 N–H and O–H groups in total. The first kappa shape index (κ1) is 23.8. The molecule has 1 amide bonds. The third-order valence-electron chi connectivity index (χ3n) is 4.79. The number of amides is 1. The van der Waals surface area contributed by atoms with Gasteiger partial charge in [0.25, 0.3) is 0 Å². The minimum absolute atomic E-state index is 0.338. The number of carbonyl (C=O) groups is 1. The van der Waals surface area contributed by atoms with Crippen molar-refractivity contribution in [3.63, 3.8) is 0 Å². The van der Waals surface area contributed by atoms with Crippen LogP contribution < -0.4 is 9.62 Å². The molecule has 0 aliphatic carbocycles. The van der Waals surface area contributed by atoms with E-state index < -0.39 is 16.1 Å². The number of hydrogen-bond acceptors (Lipinski definition) is 4. The lowest BCUT2D eigenvalue weighted by Gasteiger charge is -2.28. The molecule has 0 aromatic heterocycles. The van der Waals surface area contributed by atoms with Gasteiger partial charge in [-0.3, -0.25) is 4.79 Å². The van der Waals surface area contributed by atoms with Gasteiger partial charge in [-0.2, -0.15) is 12.7 Å². The van der Waals surface area contributed by atoms with Crippen molar-refractivity contribution in [3.05, 3.63) is 83.9 Å². The highest BCUT2D eigenvalue weighted by atomic mass is 32.2. The fourth-order valence-electron chi connectivity index (χ4n) is 3.07. The second-order valence-electron chi connectivity index (χ2n) is 7.55. The summed E-state index contributed by atoms with van der Waals surface area (Å²) in [5.74, 6) is -0.419. The van der Waals surface area contributed by atoms with Gasteiger partial charge >= 0.3 is 10.2 Å². The summed E-state index contributed by atoms with van der Waals surface area (Å²) < 4.78 is 28.4. The summed E-state index contributed by atoms with van der Waals surface area (Å²) in [6, 6.07) is 22.9. The molecular formula is C24H27N3O3S2. The van der Waals surface area contributed by atoms with E-state index in [-0.39, 0.29) is 6.54 Å². The number of benzene rings is 3. The third kappa shape index (κ3) is 5.70. The number of para-hydroxylation sites is 1. The fraction of sp³-hybridized carbons (Fsp3) is 0.208. The molecule has 0 aliphatic heterocycles. The normalized spacial score (nSPS) is 11.4. The van der Waals surface area contributed by atoms with Crippen LogP contribution in [0.15, 0.2) is 82.6 Å². The van der Waals surface area contributed by atoms with E-state index in [1.54, 1.807) is 6.07 Å². The first-order valence-electron chi connectivity index (χ1n) is 10.1. The third-order valence-corrected chi connectivity index (χ3v) is 7.68. The smallest absolute Gasteiger partial charge is 0.304 e. The summed E-state index contributed by atoms with van der Waals surface area (Å²) in [5, 5.41) is 2.89. The first-order valence-corrected chi connectivity index (χ1v) is 12.3. The van der Waals surface area contributed by atoms with Crippen LogP contribution in [0, 0.1) is 13.8 Å². The molecule has 168 valence electrons. The Morgan fingerprint density at radius 1 is 0.938 bits per heavy atom. The van der Waals surface area contributed by atoms with Gasteiger partial charge in [0, 0.05) is 23.9 Å². The van der Waals surface area contributed by atoms with E-state index in [1.165, 1.54) is 25.9 Å². The van der Waals surface area contributed by atoms with E-state index in [2.05, 4.69) is 5.32 Å². The lowest BCUT2D eigenvalue weighted by atomic mass is 10.1. The number of anilines is 2. The Labute approximate surface area is 194 Å². The second-order valence-corrected chi connectivity index (χ2v) is 10.7. The number of nitrogens with one attached hydrogen (secondary N) is 1. The summed E-state index contributed by atoms with van der Waals surface area (Å²) in [6.45, 7) is 3.38. The van der Waals surface area contributed by atoms with Gasteiger partial charge in [0.1, 0.15) is 6.54 Å². The molecule has 32 heavy (non-hydrogen) atoms. The Hall–Kier alpha value is -2.81. The van der Waals surface area contributed by atoms with Crippen LogP contribution >= 0.6 is 11.8 Å². The molecule has 0 spiro atoms. The summed E-state index contributed by atoms with van der Waals surface area (Å²) in [6.07, 6.45) is 0. The number of hydrogen-bond donors (Lipinski definition) is 1. The van der Waals surface area contributed by atoms with Gasteiger partial charge < -0.3 is 5.32 Å². The highest BCUT2D eigenvalue weighted by Gasteiger charge is 2.28. The average molecular weight is 470 g/mol. The number of nitrogens with zero attached hydrogens (tertiary/aromatic N) is 2. The molecule has 0 saturated carbocycles. The van der Waals surface area contributed by atoms with Crippen LogP contribution in [-0.2, 0) is 15.0 Å². The van der Waals surface area contributed by atoms with Crippen molar-refractivity contribution in [1.29, 1.82) is 0 Å². The van der Waals surface area contributed by atoms with Crippen molar-refractivity contribution in [3.8, 4) is 0 Å². The lowest BCUT2D eigenvalue weighted by Crippen LogP contribution is -2.44. The molecular weight excluding hydrogens is 442 g/mol. The molecule has 0 bridgehead atoms. The molecule has 3 rings (SSSR count). The maximum Gasteiger partial charge on any atom is 0.304 e. The van der Waals surface area contributed by atoms with Gasteiger partial charge in [-0.25, -0.2) is 4.31 Å². The molecule has 0 radical (unpaired) electrons. The minimum Gasteiger partial charge on any atom is -0.323 e. The summed E-state index contributed by atoms with van der Waals surface area (Å²) in [5.41, 5.74) is 2.80. The molecule has 0 fully saturated rings. The van der Waals surface area contributed by atoms with Gasteiger partial charge in [-0.15, -0.1) is 0 Å². The summed E-state index contributed by atoms with van der Waals surface area (Å²) >= 11 is 1.53. The van der Waals surface area contributed by atoms with Gasteiger partial charge in [-0.1, -0.05) is 54.2 Å². The van der Waals surface area contributed by atoms with E-state index in [1.807, 2.05) is 80.6 Å². The van der Waals surface area contributed by atoms with E-state index >= 15 is 0 Å². The zero-order valence-electron chi connectivity index (χ0n) is 18.6. The van der Waals surface area contributed by atoms with E-state index in [0.29, 0.717) is 11.4 Å². The number of rotatable bonds is 8. The molecule has 0 saturated heterocycles. The molecule has 3 aromatic carbocycles. The van der Waals surface area contributed by atoms with Gasteiger partial charge in [0.05, 0.1) is 11.4 Å². The van der Waals surface area contributed by atoms with Crippen LogP contribution in [-0.4, -0.2) is 39.3 Å². The van der Waals surface area contributed by atoms with Gasteiger partial charge in [0.15, 0.2) is 0 Å². The quantitative estimate of drug-likeness (QED) is 0.519. The first-order chi connectivity index (χ1) is 15.2. The van der Waals surface area contributed by atoms with Gasteiger partial charge in [-0.05, 0) is 55.3 Å². The largest absolute Gasteiger partial charge is 0.323 e. The zero-order chi connectivity index (χ0) is 23.3. The predicted molar refractivity (Wildman–Crippen MR) is 132 cm³/mol. The lowest BCUT2D eigenvalue weighted by molar-refractivity contribution is -0.114. The van der Waals surface area contributed by atoms with E-state index in [9.17, 15) is 13.2 Å². The maximum absolute atomic E-state index is 13.1. The van der Waals surface area contributed by atoms with Crippen LogP contribution in [0.25, 0.3) is 0 Å². The fourth-order valence-corrected chi connectivity index (χ4v) is 5.11. The van der Waals surface area contributed by atoms with Gasteiger partial charge in [0.2, 0.25) is 5.91 Å². The van der Waals surface area contributed by atoms with Crippen LogP contribution in [0.2, 0.25) is 0 Å². The van der Waals surface area contributed by atoms with E-state index in [4.69, 9.17) is 0 Å². The van der Waals surface area contributed by atoms with Crippen molar-refractivity contribution in [2.24, 2.45) is 0 Å². The Bertz CT molecular complexity index is 1200. The standard InChI is InChI=1S/C24H27N3O3S2/c1-18-14-15-19(2)22(16-18)27(32(29,30)26(3)4)17-24(28)25-21-12-8-9-13-23(21)31-20-10-6-5-7-11-20/h5-16H,17H2,1-4H3,(H,25,28). The average Bonchev–Trinajstić information content (AvgIpc) is 2.76. The number of aryl methyl sites for hydroxylation is 2. The maximum atomic E-state index is 13.1. The monoisotopic (exact) mass is 469 g/mol. The van der Waals surface area contributed by atoms with Crippen LogP contribution in [0.5, 0.6) is 0 Å². The predicted octanol–water partition coefficient (Wildman–Crippen LogP) is 4.71. The molecule has 3 aromatic rings. The van der Waals surface area contributed by atoms with Crippen LogP contribution in [0.1, 0.15) is 11.1 Å². The molecule has 0 atom stereocenters. The SMILES string of the molecule is Cc1ccc(C)c(N(CC(=O)Nc2ccccc2Sc2ccccc2)S(=O)(=O)N(C)C)c1. The van der Waals surface area contributed by atoms with E-state index in [0.717, 1.165) is 29.5 Å². The van der Waals surface area contributed by atoms with Crippen molar-refractivity contribution >= 4 is 39.3 Å². The van der Waals surface area contributed by atoms with Crippen LogP contribution in [0.3, 0.4) is 0 Å². The molecule has 8 heteroatoms. The Kier molecular flexibility index (Phi) is 7.60. The minimum atomic E-state index is -3.88. The highest BCUT2D eigenvalue weighted by Crippen LogP contribution is 2.33. The topological polar surface area (TPSA) is 69.7 Å². The number of carbonyl (C=O) groups excluding carboxylic acids is 1. The summed E-state index contributed by atoms with van der Waals surface area (Å²) in [7, 11) is -0.966. The zero-order valence-corrected chi connectivity index (χ0v) is 20.2. The van der Waals surface area contributed by atoms with Crippen molar-refractivity contribution in [2.45, 2.75) is 23.6 Å². The van der Waals surface area contributed by atoms with Crippen molar-refractivity contribution in [1.82, 2.24) is 4.31 Å². The Balaban J connectivity index is 1.88. The molecule has 6 nitrogen and oxygen atoms in total.